The van der Waals surface area contributed by atoms with Crippen LogP contribution in [0.5, 0.6) is 0 Å². The number of rotatable bonds is 4. The van der Waals surface area contributed by atoms with Gasteiger partial charge in [-0.1, -0.05) is 22.9 Å². The zero-order valence-electron chi connectivity index (χ0n) is 16.0. The van der Waals surface area contributed by atoms with E-state index in [4.69, 9.17) is 17.3 Å². The number of aromatic nitrogens is 4. The molecule has 3 N–H and O–H groups in total. The average molecular weight is 496 g/mol. The van der Waals surface area contributed by atoms with E-state index in [2.05, 4.69) is 20.4 Å². The number of nitrogens with one attached hydrogen (secondary N) is 1. The first kappa shape index (κ1) is 22.0. The number of hydrogen-bond donors (Lipinski definition) is 2. The Balaban J connectivity index is 1.54. The molecule has 0 radical (unpaired) electrons. The van der Waals surface area contributed by atoms with Gasteiger partial charge in [-0.15, -0.1) is 5.10 Å². The van der Waals surface area contributed by atoms with Crippen molar-refractivity contribution in [1.29, 1.82) is 0 Å². The second-order valence-corrected chi connectivity index (χ2v) is 10.4. The smallest absolute Gasteiger partial charge is 0.383 e. The third-order valence-electron chi connectivity index (χ3n) is 4.90. The number of anilines is 2. The lowest BCUT2D eigenvalue weighted by Gasteiger charge is -2.30. The number of halogens is 4. The van der Waals surface area contributed by atoms with Crippen molar-refractivity contribution < 1.29 is 21.6 Å². The van der Waals surface area contributed by atoms with E-state index in [1.165, 1.54) is 32.6 Å². The van der Waals surface area contributed by atoms with Gasteiger partial charge in [0.1, 0.15) is 11.5 Å². The van der Waals surface area contributed by atoms with Crippen molar-refractivity contribution in [3.8, 4) is 11.3 Å². The predicted octanol–water partition coefficient (Wildman–Crippen LogP) is 2.94. The van der Waals surface area contributed by atoms with E-state index < -0.39 is 27.6 Å². The summed E-state index contributed by atoms with van der Waals surface area (Å²) in [6, 6.07) is 0.887. The SMILES string of the molecule is CS(=O)(=O)N1CCC(Nc2nn3c(Cl)c(-c4cnc(N)c(C(F)(F)F)c4)nc3s2)CC1. The van der Waals surface area contributed by atoms with Crippen molar-refractivity contribution in [3.05, 3.63) is 23.0 Å². The van der Waals surface area contributed by atoms with Crippen LogP contribution in [-0.4, -0.2) is 57.7 Å². The zero-order chi connectivity index (χ0) is 22.6. The zero-order valence-corrected chi connectivity index (χ0v) is 18.4. The molecule has 31 heavy (non-hydrogen) atoms. The van der Waals surface area contributed by atoms with E-state index in [0.29, 0.717) is 36.0 Å². The van der Waals surface area contributed by atoms with Gasteiger partial charge in [0.15, 0.2) is 5.15 Å². The fraction of sp³-hybridized carbons (Fsp3) is 0.438. The van der Waals surface area contributed by atoms with Gasteiger partial charge in [0, 0.05) is 30.9 Å². The van der Waals surface area contributed by atoms with Crippen LogP contribution in [0.25, 0.3) is 16.2 Å². The van der Waals surface area contributed by atoms with Crippen LogP contribution in [0.1, 0.15) is 18.4 Å². The number of sulfonamides is 1. The number of hydrogen-bond acceptors (Lipinski definition) is 8. The van der Waals surface area contributed by atoms with Crippen LogP contribution in [0.2, 0.25) is 5.15 Å². The molecule has 4 heterocycles. The minimum atomic E-state index is -4.65. The summed E-state index contributed by atoms with van der Waals surface area (Å²) < 4.78 is 65.3. The van der Waals surface area contributed by atoms with E-state index in [1.807, 2.05) is 0 Å². The van der Waals surface area contributed by atoms with Crippen molar-refractivity contribution >= 4 is 48.9 Å². The van der Waals surface area contributed by atoms with Crippen molar-refractivity contribution in [2.45, 2.75) is 25.1 Å². The summed E-state index contributed by atoms with van der Waals surface area (Å²) in [4.78, 5) is 8.30. The van der Waals surface area contributed by atoms with Gasteiger partial charge in [-0.2, -0.15) is 17.7 Å². The summed E-state index contributed by atoms with van der Waals surface area (Å²) in [6.45, 7) is 0.825. The molecular formula is C16H17ClF3N7O2S2. The van der Waals surface area contributed by atoms with E-state index in [-0.39, 0.29) is 22.5 Å². The van der Waals surface area contributed by atoms with Gasteiger partial charge in [-0.3, -0.25) is 0 Å². The van der Waals surface area contributed by atoms with Crippen LogP contribution in [0.15, 0.2) is 12.3 Å². The molecule has 3 aromatic rings. The lowest BCUT2D eigenvalue weighted by atomic mass is 10.1. The lowest BCUT2D eigenvalue weighted by molar-refractivity contribution is -0.137. The molecule has 0 amide bonds. The Hall–Kier alpha value is -2.16. The van der Waals surface area contributed by atoms with E-state index in [1.54, 1.807) is 0 Å². The standard InChI is InChI=1S/C16H17ClF3N7O2S2/c1-31(28,29)26-4-2-9(3-5-26)23-14-25-27-12(17)11(24-15(27)30-14)8-6-10(16(18,19)20)13(21)22-7-8/h6-7,9H,2-5H2,1H3,(H2,21,22)(H,23,25). The molecule has 1 aliphatic heterocycles. The molecule has 0 atom stereocenters. The summed E-state index contributed by atoms with van der Waals surface area (Å²) >= 11 is 7.51. The summed E-state index contributed by atoms with van der Waals surface area (Å²) in [6.07, 6.45) is -1.06. The number of nitrogen functional groups attached to an aromatic ring is 1. The highest BCUT2D eigenvalue weighted by molar-refractivity contribution is 7.88. The van der Waals surface area contributed by atoms with Gasteiger partial charge in [0.2, 0.25) is 20.1 Å². The molecule has 1 aliphatic rings. The highest BCUT2D eigenvalue weighted by Gasteiger charge is 2.34. The van der Waals surface area contributed by atoms with Crippen LogP contribution in [0.4, 0.5) is 24.1 Å². The van der Waals surface area contributed by atoms with Crippen molar-refractivity contribution in [1.82, 2.24) is 23.9 Å². The second-order valence-electron chi connectivity index (χ2n) is 7.09. The van der Waals surface area contributed by atoms with Gasteiger partial charge in [-0.05, 0) is 18.9 Å². The summed E-state index contributed by atoms with van der Waals surface area (Å²) in [5, 5.41) is 8.15. The van der Waals surface area contributed by atoms with Crippen molar-refractivity contribution in [2.75, 3.05) is 30.4 Å². The average Bonchev–Trinajstić information content (AvgIpc) is 3.20. The molecule has 0 aliphatic carbocycles. The summed E-state index contributed by atoms with van der Waals surface area (Å²) in [5.74, 6) is -0.625. The van der Waals surface area contributed by atoms with Gasteiger partial charge < -0.3 is 11.1 Å². The maximum absolute atomic E-state index is 13.1. The Bertz CT molecular complexity index is 1230. The first-order valence-electron chi connectivity index (χ1n) is 9.03. The van der Waals surface area contributed by atoms with Crippen LogP contribution in [-0.2, 0) is 16.2 Å². The predicted molar refractivity (Wildman–Crippen MR) is 112 cm³/mol. The molecule has 0 spiro atoms. The molecule has 168 valence electrons. The number of nitrogens with two attached hydrogens (primary N) is 1. The fourth-order valence-electron chi connectivity index (χ4n) is 3.30. The largest absolute Gasteiger partial charge is 0.419 e. The highest BCUT2D eigenvalue weighted by atomic mass is 35.5. The summed E-state index contributed by atoms with van der Waals surface area (Å²) in [7, 11) is -3.21. The molecule has 4 rings (SSSR count). The molecule has 0 saturated carbocycles. The normalized spacial score (nSPS) is 16.8. The number of alkyl halides is 3. The Morgan fingerprint density at radius 3 is 2.58 bits per heavy atom. The maximum atomic E-state index is 13.1. The second kappa shape index (κ2) is 7.76. The lowest BCUT2D eigenvalue weighted by Crippen LogP contribution is -2.41. The Labute approximate surface area is 184 Å². The number of fused-ring (bicyclic) bond motifs is 1. The van der Waals surface area contributed by atoms with Crippen molar-refractivity contribution in [3.63, 3.8) is 0 Å². The molecular weight excluding hydrogens is 479 g/mol. The molecule has 9 nitrogen and oxygen atoms in total. The van der Waals surface area contributed by atoms with Gasteiger partial charge in [0.25, 0.3) is 0 Å². The van der Waals surface area contributed by atoms with Crippen LogP contribution in [0, 0.1) is 0 Å². The highest BCUT2D eigenvalue weighted by Crippen LogP contribution is 2.37. The Morgan fingerprint density at radius 1 is 1.32 bits per heavy atom. The Kier molecular flexibility index (Phi) is 5.52. The summed E-state index contributed by atoms with van der Waals surface area (Å²) in [5.41, 5.74) is 4.47. The van der Waals surface area contributed by atoms with Gasteiger partial charge in [-0.25, -0.2) is 22.7 Å². The topological polar surface area (TPSA) is 119 Å². The maximum Gasteiger partial charge on any atom is 0.419 e. The van der Waals surface area contributed by atoms with Crippen LogP contribution < -0.4 is 11.1 Å². The fourth-order valence-corrected chi connectivity index (χ4v) is 5.37. The first-order chi connectivity index (χ1) is 14.4. The monoisotopic (exact) mass is 495 g/mol. The third-order valence-corrected chi connectivity index (χ3v) is 7.38. The first-order valence-corrected chi connectivity index (χ1v) is 12.1. The number of piperidine rings is 1. The molecule has 0 unspecified atom stereocenters. The molecule has 1 saturated heterocycles. The van der Waals surface area contributed by atoms with Crippen LogP contribution in [0.3, 0.4) is 0 Å². The number of imidazole rings is 1. The van der Waals surface area contributed by atoms with Crippen molar-refractivity contribution in [2.24, 2.45) is 0 Å². The molecule has 0 bridgehead atoms. The number of pyridine rings is 1. The van der Waals surface area contributed by atoms with Crippen LogP contribution >= 0.6 is 22.9 Å². The minimum Gasteiger partial charge on any atom is -0.383 e. The van der Waals surface area contributed by atoms with E-state index in [9.17, 15) is 21.6 Å². The molecule has 3 aromatic heterocycles. The molecule has 0 aromatic carbocycles. The number of nitrogens with zero attached hydrogens (tertiary/aromatic N) is 5. The van der Waals surface area contributed by atoms with E-state index in [0.717, 1.165) is 6.07 Å². The quantitative estimate of drug-likeness (QED) is 0.571. The van der Waals surface area contributed by atoms with Gasteiger partial charge in [0.05, 0.1) is 11.8 Å². The van der Waals surface area contributed by atoms with E-state index >= 15 is 0 Å². The minimum absolute atomic E-state index is 0.0303. The Morgan fingerprint density at radius 2 is 2.00 bits per heavy atom. The van der Waals surface area contributed by atoms with Gasteiger partial charge >= 0.3 is 6.18 Å². The third kappa shape index (κ3) is 4.42. The molecule has 15 heteroatoms. The molecule has 1 fully saturated rings.